The van der Waals surface area contributed by atoms with Gasteiger partial charge in [0.15, 0.2) is 0 Å². The number of alkyl carbamates (subject to hydrolysis) is 1. The van der Waals surface area contributed by atoms with Crippen LogP contribution in [0.3, 0.4) is 0 Å². The number of aryl methyl sites for hydroxylation is 1. The lowest BCUT2D eigenvalue weighted by atomic mass is 9.96. The van der Waals surface area contributed by atoms with Crippen molar-refractivity contribution in [3.63, 3.8) is 0 Å². The maximum absolute atomic E-state index is 14.4. The van der Waals surface area contributed by atoms with E-state index in [-0.39, 0.29) is 36.6 Å². The van der Waals surface area contributed by atoms with Crippen LogP contribution in [0.2, 0.25) is 0 Å². The Kier molecular flexibility index (Phi) is 13.4. The molecule has 2 saturated heterocycles. The first-order valence-electron chi connectivity index (χ1n) is 18.1. The number of unbranched alkanes of at least 4 members (excludes halogenated alkanes) is 1. The molecule has 13 heteroatoms. The molecule has 1 N–H and O–H groups in total. The number of nitrogens with one attached hydrogen (secondary N) is 1. The van der Waals surface area contributed by atoms with Gasteiger partial charge >= 0.3 is 12.2 Å². The van der Waals surface area contributed by atoms with E-state index in [0.29, 0.717) is 80.9 Å². The number of carbonyl (C=O) groups is 4. The highest BCUT2D eigenvalue weighted by atomic mass is 16.6. The van der Waals surface area contributed by atoms with Gasteiger partial charge in [0.05, 0.1) is 11.7 Å². The largest absolute Gasteiger partial charge is 0.472 e. The number of likely N-dealkylation sites (tertiary alicyclic amines) is 1. The Balaban J connectivity index is 1.56. The van der Waals surface area contributed by atoms with Gasteiger partial charge in [-0.15, -0.1) is 0 Å². The Morgan fingerprint density at radius 2 is 1.84 bits per heavy atom. The molecule has 4 rings (SSSR count). The van der Waals surface area contributed by atoms with Crippen LogP contribution >= 0.6 is 0 Å². The minimum Gasteiger partial charge on any atom is -0.472 e. The van der Waals surface area contributed by atoms with Gasteiger partial charge in [0.1, 0.15) is 18.0 Å². The minimum absolute atomic E-state index is 0.150. The molecule has 3 aliphatic rings. The van der Waals surface area contributed by atoms with Crippen molar-refractivity contribution in [1.82, 2.24) is 15.1 Å². The average molecular weight is 703 g/mol. The van der Waals surface area contributed by atoms with Crippen molar-refractivity contribution in [3.8, 4) is 5.75 Å². The third-order valence-corrected chi connectivity index (χ3v) is 9.43. The second kappa shape index (κ2) is 17.1. The molecule has 3 heterocycles. The zero-order chi connectivity index (χ0) is 36.6. The van der Waals surface area contributed by atoms with Gasteiger partial charge in [0, 0.05) is 64.7 Å². The van der Waals surface area contributed by atoms with Crippen LogP contribution in [0.4, 0.5) is 15.3 Å². The molecule has 0 radical (unpaired) electrons. The van der Waals surface area contributed by atoms with E-state index < -0.39 is 17.3 Å². The molecule has 1 unspecified atom stereocenters. The Labute approximate surface area is 297 Å². The van der Waals surface area contributed by atoms with E-state index in [4.69, 9.17) is 23.7 Å². The Morgan fingerprint density at radius 3 is 2.50 bits per heavy atom. The fourth-order valence-electron chi connectivity index (χ4n) is 6.77. The third-order valence-electron chi connectivity index (χ3n) is 9.43. The average Bonchev–Trinajstić information content (AvgIpc) is 3.06. The molecule has 280 valence electrons. The molecule has 2 fully saturated rings. The second-order valence-electron chi connectivity index (χ2n) is 15.2. The zero-order valence-corrected chi connectivity index (χ0v) is 31.3. The number of carbonyl (C=O) groups excluding carboxylic acids is 4. The van der Waals surface area contributed by atoms with Crippen molar-refractivity contribution in [2.24, 2.45) is 5.92 Å². The number of ether oxygens (including phenoxy) is 5. The monoisotopic (exact) mass is 702 g/mol. The molecule has 0 saturated carbocycles. The fourth-order valence-corrected chi connectivity index (χ4v) is 6.77. The van der Waals surface area contributed by atoms with Crippen molar-refractivity contribution in [1.29, 1.82) is 0 Å². The summed E-state index contributed by atoms with van der Waals surface area (Å²) in [7, 11) is 1.64. The smallest absolute Gasteiger partial charge is 0.410 e. The van der Waals surface area contributed by atoms with Gasteiger partial charge in [-0.25, -0.2) is 9.59 Å². The Hall–Kier alpha value is -3.58. The van der Waals surface area contributed by atoms with E-state index in [2.05, 4.69) is 5.32 Å². The van der Waals surface area contributed by atoms with Crippen LogP contribution in [0.5, 0.6) is 5.75 Å². The lowest BCUT2D eigenvalue weighted by Crippen LogP contribution is -2.58. The fraction of sp³-hybridized carbons (Fsp3) is 0.730. The number of fused-ring (bicyclic) bond motifs is 1. The lowest BCUT2D eigenvalue weighted by molar-refractivity contribution is -0.137. The molecule has 4 amide bonds. The number of nitrogens with zero attached hydrogens (tertiary/aromatic N) is 3. The number of anilines is 1. The maximum atomic E-state index is 14.4. The van der Waals surface area contributed by atoms with Gasteiger partial charge in [-0.2, -0.15) is 0 Å². The van der Waals surface area contributed by atoms with Gasteiger partial charge < -0.3 is 43.7 Å². The molecule has 0 aliphatic carbocycles. The molecule has 0 bridgehead atoms. The summed E-state index contributed by atoms with van der Waals surface area (Å²) >= 11 is 0. The normalized spacial score (nSPS) is 21.4. The van der Waals surface area contributed by atoms with E-state index >= 15 is 0 Å². The predicted molar refractivity (Wildman–Crippen MR) is 189 cm³/mol. The number of amides is 4. The zero-order valence-electron chi connectivity index (χ0n) is 31.3. The van der Waals surface area contributed by atoms with E-state index in [1.54, 1.807) is 36.0 Å². The highest BCUT2D eigenvalue weighted by Gasteiger charge is 2.46. The highest BCUT2D eigenvalue weighted by Crippen LogP contribution is 2.41. The molecule has 1 aromatic rings. The number of rotatable bonds is 12. The SMILES string of the molecule is COCCCCN1C(=O)C(C)(COC(=O)NCC2CCOCC2)Oc2cc(C)c(C(=O)N(C(C)C)[C@@H]3CCCN(C(=O)OC(C)(C)C)C3)cc21. The van der Waals surface area contributed by atoms with E-state index in [1.165, 1.54) is 0 Å². The van der Waals surface area contributed by atoms with Crippen LogP contribution in [0.25, 0.3) is 0 Å². The molecule has 0 aromatic heterocycles. The van der Waals surface area contributed by atoms with Crippen LogP contribution < -0.4 is 15.0 Å². The summed E-state index contributed by atoms with van der Waals surface area (Å²) in [6.45, 7) is 16.3. The van der Waals surface area contributed by atoms with Crippen LogP contribution in [0, 0.1) is 12.8 Å². The van der Waals surface area contributed by atoms with E-state index in [0.717, 1.165) is 32.1 Å². The molecule has 3 aliphatic heterocycles. The predicted octanol–water partition coefficient (Wildman–Crippen LogP) is 5.31. The van der Waals surface area contributed by atoms with E-state index in [9.17, 15) is 19.2 Å². The first-order chi connectivity index (χ1) is 23.6. The van der Waals surface area contributed by atoms with Crippen LogP contribution in [-0.2, 0) is 23.7 Å². The summed E-state index contributed by atoms with van der Waals surface area (Å²) in [5.74, 6) is 0.218. The first-order valence-corrected chi connectivity index (χ1v) is 18.1. The molecule has 13 nitrogen and oxygen atoms in total. The maximum Gasteiger partial charge on any atom is 0.410 e. The Bertz CT molecular complexity index is 1360. The Morgan fingerprint density at radius 1 is 1.12 bits per heavy atom. The van der Waals surface area contributed by atoms with Gasteiger partial charge in [0.25, 0.3) is 11.8 Å². The number of hydrogen-bond acceptors (Lipinski definition) is 9. The summed E-state index contributed by atoms with van der Waals surface area (Å²) in [6, 6.07) is 3.17. The standard InChI is InChI=1S/C37H58N4O9/c1-25(2)41(28-12-11-15-39(23-28)35(45)50-36(4,5)6)32(42)29-21-30-31(20-26(29)3)49-37(7,33(43)40(30)16-9-10-17-46-8)24-48-34(44)38-22-27-13-18-47-19-14-27/h20-21,25,27-28H,9-19,22-24H2,1-8H3,(H,38,44)/t28-,37?/m1/s1. The summed E-state index contributed by atoms with van der Waals surface area (Å²) < 4.78 is 28.1. The summed E-state index contributed by atoms with van der Waals surface area (Å²) in [5.41, 5.74) is -0.459. The second-order valence-corrected chi connectivity index (χ2v) is 15.2. The molecule has 2 atom stereocenters. The van der Waals surface area contributed by atoms with Crippen molar-refractivity contribution in [3.05, 3.63) is 23.3 Å². The number of methoxy groups -OCH3 is 1. The van der Waals surface area contributed by atoms with Gasteiger partial charge in [-0.3, -0.25) is 9.59 Å². The molecular weight excluding hydrogens is 644 g/mol. The van der Waals surface area contributed by atoms with Gasteiger partial charge in [0.2, 0.25) is 5.60 Å². The molecule has 1 aromatic carbocycles. The molecule has 50 heavy (non-hydrogen) atoms. The summed E-state index contributed by atoms with van der Waals surface area (Å²) in [4.78, 5) is 59.3. The van der Waals surface area contributed by atoms with Crippen LogP contribution in [0.15, 0.2) is 12.1 Å². The molecule has 0 spiro atoms. The minimum atomic E-state index is -1.47. The number of benzene rings is 1. The van der Waals surface area contributed by atoms with Crippen molar-refractivity contribution in [2.45, 2.75) is 110 Å². The van der Waals surface area contributed by atoms with Gasteiger partial charge in [-0.1, -0.05) is 0 Å². The van der Waals surface area contributed by atoms with E-state index in [1.807, 2.05) is 46.4 Å². The number of piperidine rings is 1. The third kappa shape index (κ3) is 10.0. The van der Waals surface area contributed by atoms with Crippen molar-refractivity contribution < 1.29 is 42.9 Å². The summed E-state index contributed by atoms with van der Waals surface area (Å²) in [6.07, 6.45) is 3.64. The lowest BCUT2D eigenvalue weighted by Gasteiger charge is -2.42. The van der Waals surface area contributed by atoms with Crippen LogP contribution in [0.1, 0.15) is 96.0 Å². The highest BCUT2D eigenvalue weighted by molar-refractivity contribution is 6.05. The van der Waals surface area contributed by atoms with Gasteiger partial charge in [-0.05, 0) is 111 Å². The number of hydrogen-bond donors (Lipinski definition) is 1. The van der Waals surface area contributed by atoms with Crippen LogP contribution in [-0.4, -0.2) is 117 Å². The van der Waals surface area contributed by atoms with Crippen molar-refractivity contribution >= 4 is 29.7 Å². The van der Waals surface area contributed by atoms with Crippen molar-refractivity contribution in [2.75, 3.05) is 64.6 Å². The summed E-state index contributed by atoms with van der Waals surface area (Å²) in [5, 5.41) is 2.82. The quantitative estimate of drug-likeness (QED) is 0.288. The molecular formula is C37H58N4O9. The topological polar surface area (TPSA) is 136 Å². The first kappa shape index (κ1) is 39.2.